The third kappa shape index (κ3) is 4.12. The topological polar surface area (TPSA) is 44.8 Å². The summed E-state index contributed by atoms with van der Waals surface area (Å²) in [6.07, 6.45) is 1.74. The number of nitrogens with one attached hydrogen (secondary N) is 1. The van der Waals surface area contributed by atoms with Crippen LogP contribution in [0.25, 0.3) is 0 Å². The van der Waals surface area contributed by atoms with Gasteiger partial charge in [0, 0.05) is 30.9 Å². The summed E-state index contributed by atoms with van der Waals surface area (Å²) in [5, 5.41) is 3.04. The molecule has 1 N–H and O–H groups in total. The summed E-state index contributed by atoms with van der Waals surface area (Å²) >= 11 is 0. The SMILES string of the molecule is CN(C)[C@H](C(=O)NCC1(N(C)C)CCOCC1)c1ccccc1F. The van der Waals surface area contributed by atoms with E-state index in [9.17, 15) is 9.18 Å². The summed E-state index contributed by atoms with van der Waals surface area (Å²) in [6, 6.07) is 5.79. The predicted octanol–water partition coefficient (Wildman–Crippen LogP) is 1.66. The van der Waals surface area contributed by atoms with E-state index in [-0.39, 0.29) is 17.3 Å². The number of carbonyl (C=O) groups is 1. The van der Waals surface area contributed by atoms with Crippen molar-refractivity contribution in [3.05, 3.63) is 35.6 Å². The van der Waals surface area contributed by atoms with Gasteiger partial charge in [-0.1, -0.05) is 18.2 Å². The van der Waals surface area contributed by atoms with E-state index < -0.39 is 6.04 Å². The maximum atomic E-state index is 14.1. The highest BCUT2D eigenvalue weighted by atomic mass is 19.1. The van der Waals surface area contributed by atoms with Gasteiger partial charge in [-0.25, -0.2) is 4.39 Å². The van der Waals surface area contributed by atoms with E-state index in [1.54, 1.807) is 37.2 Å². The summed E-state index contributed by atoms with van der Waals surface area (Å²) in [5.41, 5.74) is 0.283. The maximum Gasteiger partial charge on any atom is 0.242 e. The number of hydrogen-bond donors (Lipinski definition) is 1. The third-order valence-electron chi connectivity index (χ3n) is 4.93. The number of amides is 1. The molecule has 1 aromatic rings. The van der Waals surface area contributed by atoms with Crippen LogP contribution in [0.1, 0.15) is 24.4 Å². The minimum absolute atomic E-state index is 0.111. The van der Waals surface area contributed by atoms with Crippen LogP contribution in [-0.4, -0.2) is 69.2 Å². The number of carbonyl (C=O) groups excluding carboxylic acids is 1. The van der Waals surface area contributed by atoms with Crippen LogP contribution in [0.3, 0.4) is 0 Å². The predicted molar refractivity (Wildman–Crippen MR) is 92.3 cm³/mol. The molecule has 0 spiro atoms. The molecule has 1 atom stereocenters. The summed E-state index contributed by atoms with van der Waals surface area (Å²) in [4.78, 5) is 16.7. The molecule has 134 valence electrons. The van der Waals surface area contributed by atoms with Gasteiger partial charge in [-0.3, -0.25) is 9.69 Å². The highest BCUT2D eigenvalue weighted by Crippen LogP contribution is 2.26. The smallest absolute Gasteiger partial charge is 0.242 e. The fourth-order valence-corrected chi connectivity index (χ4v) is 3.23. The zero-order chi connectivity index (χ0) is 17.7. The number of halogens is 1. The number of nitrogens with zero attached hydrogens (tertiary/aromatic N) is 2. The molecular formula is C18H28FN3O2. The third-order valence-corrected chi connectivity index (χ3v) is 4.93. The molecule has 0 radical (unpaired) electrons. The Morgan fingerprint density at radius 2 is 1.88 bits per heavy atom. The second kappa shape index (κ2) is 8.05. The molecule has 1 saturated heterocycles. The largest absolute Gasteiger partial charge is 0.381 e. The first kappa shape index (κ1) is 18.8. The van der Waals surface area contributed by atoms with Crippen LogP contribution in [-0.2, 0) is 9.53 Å². The maximum absolute atomic E-state index is 14.1. The summed E-state index contributed by atoms with van der Waals surface area (Å²) < 4.78 is 19.6. The average molecular weight is 337 g/mol. The molecule has 6 heteroatoms. The van der Waals surface area contributed by atoms with Crippen molar-refractivity contribution in [2.75, 3.05) is 47.9 Å². The summed E-state index contributed by atoms with van der Waals surface area (Å²) in [6.45, 7) is 1.91. The minimum Gasteiger partial charge on any atom is -0.381 e. The molecule has 5 nitrogen and oxygen atoms in total. The van der Waals surface area contributed by atoms with Crippen molar-refractivity contribution < 1.29 is 13.9 Å². The van der Waals surface area contributed by atoms with E-state index in [1.807, 2.05) is 14.1 Å². The second-order valence-electron chi connectivity index (χ2n) is 6.84. The normalized spacial score (nSPS) is 18.6. The molecule has 0 saturated carbocycles. The Morgan fingerprint density at radius 3 is 2.42 bits per heavy atom. The van der Waals surface area contributed by atoms with E-state index in [1.165, 1.54) is 6.07 Å². The number of ether oxygens (including phenoxy) is 1. The quantitative estimate of drug-likeness (QED) is 0.857. The number of likely N-dealkylation sites (N-methyl/N-ethyl adjacent to an activating group) is 2. The second-order valence-corrected chi connectivity index (χ2v) is 6.84. The van der Waals surface area contributed by atoms with Gasteiger partial charge < -0.3 is 15.0 Å². The Hall–Kier alpha value is -1.50. The Bertz CT molecular complexity index is 557. The lowest BCUT2D eigenvalue weighted by atomic mass is 9.88. The van der Waals surface area contributed by atoms with E-state index in [0.717, 1.165) is 12.8 Å². The molecule has 1 aromatic carbocycles. The van der Waals surface area contributed by atoms with Crippen LogP contribution in [0.15, 0.2) is 24.3 Å². The van der Waals surface area contributed by atoms with Gasteiger partial charge in [-0.2, -0.15) is 0 Å². The molecule has 0 unspecified atom stereocenters. The molecule has 2 rings (SSSR count). The van der Waals surface area contributed by atoms with Crippen LogP contribution in [0.4, 0.5) is 4.39 Å². The lowest BCUT2D eigenvalue weighted by Crippen LogP contribution is -2.56. The number of rotatable bonds is 6. The van der Waals surface area contributed by atoms with Crippen molar-refractivity contribution in [1.82, 2.24) is 15.1 Å². The lowest BCUT2D eigenvalue weighted by Gasteiger charge is -2.43. The van der Waals surface area contributed by atoms with Crippen LogP contribution >= 0.6 is 0 Å². The van der Waals surface area contributed by atoms with Gasteiger partial charge in [0.05, 0.1) is 0 Å². The lowest BCUT2D eigenvalue weighted by molar-refractivity contribution is -0.127. The first-order chi connectivity index (χ1) is 11.4. The summed E-state index contributed by atoms with van der Waals surface area (Å²) in [7, 11) is 7.62. The Labute approximate surface area is 143 Å². The average Bonchev–Trinajstić information content (AvgIpc) is 2.55. The van der Waals surface area contributed by atoms with Gasteiger partial charge in [0.25, 0.3) is 0 Å². The van der Waals surface area contributed by atoms with Gasteiger partial charge in [0.15, 0.2) is 0 Å². The number of hydrogen-bond acceptors (Lipinski definition) is 4. The molecule has 1 aliphatic rings. The van der Waals surface area contributed by atoms with Gasteiger partial charge in [-0.05, 0) is 47.1 Å². The monoisotopic (exact) mass is 337 g/mol. The van der Waals surface area contributed by atoms with Crippen molar-refractivity contribution in [2.45, 2.75) is 24.4 Å². The van der Waals surface area contributed by atoms with Crippen molar-refractivity contribution in [1.29, 1.82) is 0 Å². The first-order valence-corrected chi connectivity index (χ1v) is 8.31. The fourth-order valence-electron chi connectivity index (χ4n) is 3.23. The first-order valence-electron chi connectivity index (χ1n) is 8.31. The zero-order valence-corrected chi connectivity index (χ0v) is 15.0. The minimum atomic E-state index is -0.648. The van der Waals surface area contributed by atoms with Gasteiger partial charge in [-0.15, -0.1) is 0 Å². The molecule has 1 aliphatic heterocycles. The van der Waals surface area contributed by atoms with E-state index in [4.69, 9.17) is 4.74 Å². The van der Waals surface area contributed by atoms with Crippen LogP contribution in [0, 0.1) is 5.82 Å². The molecule has 0 aromatic heterocycles. The van der Waals surface area contributed by atoms with Crippen LogP contribution < -0.4 is 5.32 Å². The molecule has 1 heterocycles. The van der Waals surface area contributed by atoms with Crippen molar-refractivity contribution in [3.63, 3.8) is 0 Å². The van der Waals surface area contributed by atoms with Gasteiger partial charge in [0.2, 0.25) is 5.91 Å². The van der Waals surface area contributed by atoms with Crippen molar-refractivity contribution in [2.24, 2.45) is 0 Å². The van der Waals surface area contributed by atoms with Crippen molar-refractivity contribution >= 4 is 5.91 Å². The fraction of sp³-hybridized carbons (Fsp3) is 0.611. The Kier molecular flexibility index (Phi) is 6.32. The molecular weight excluding hydrogens is 309 g/mol. The summed E-state index contributed by atoms with van der Waals surface area (Å²) in [5.74, 6) is -0.544. The van der Waals surface area contributed by atoms with E-state index in [2.05, 4.69) is 10.2 Å². The van der Waals surface area contributed by atoms with Crippen LogP contribution in [0.5, 0.6) is 0 Å². The molecule has 0 aliphatic carbocycles. The zero-order valence-electron chi connectivity index (χ0n) is 15.0. The van der Waals surface area contributed by atoms with E-state index >= 15 is 0 Å². The van der Waals surface area contributed by atoms with E-state index in [0.29, 0.717) is 25.3 Å². The highest BCUT2D eigenvalue weighted by Gasteiger charge is 2.36. The van der Waals surface area contributed by atoms with Crippen LogP contribution in [0.2, 0.25) is 0 Å². The molecule has 1 amide bonds. The highest BCUT2D eigenvalue weighted by molar-refractivity contribution is 5.83. The molecule has 24 heavy (non-hydrogen) atoms. The van der Waals surface area contributed by atoms with Gasteiger partial charge in [0.1, 0.15) is 11.9 Å². The Morgan fingerprint density at radius 1 is 1.25 bits per heavy atom. The number of benzene rings is 1. The Balaban J connectivity index is 2.12. The molecule has 1 fully saturated rings. The van der Waals surface area contributed by atoms with Crippen molar-refractivity contribution in [3.8, 4) is 0 Å². The molecule has 0 bridgehead atoms. The standard InChI is InChI=1S/C18H28FN3O2/c1-21(2)16(14-7-5-6-8-15(14)19)17(23)20-13-18(22(3)4)9-11-24-12-10-18/h5-8,16H,9-13H2,1-4H3,(H,20,23)/t16-/m0/s1. The van der Waals surface area contributed by atoms with Gasteiger partial charge >= 0.3 is 0 Å².